The van der Waals surface area contributed by atoms with Gasteiger partial charge in [-0.2, -0.15) is 0 Å². The number of hydrogen-bond acceptors (Lipinski definition) is 1. The van der Waals surface area contributed by atoms with E-state index in [4.69, 9.17) is 5.73 Å². The van der Waals surface area contributed by atoms with Crippen molar-refractivity contribution in [2.45, 2.75) is 59.9 Å². The molecule has 1 atom stereocenters. The van der Waals surface area contributed by atoms with Crippen LogP contribution in [0.2, 0.25) is 0 Å². The van der Waals surface area contributed by atoms with Crippen LogP contribution in [-0.2, 0) is 12.8 Å². The second-order valence-electron chi connectivity index (χ2n) is 5.56. The molecule has 0 fully saturated rings. The molecule has 0 aromatic heterocycles. The Labute approximate surface area is 106 Å². The summed E-state index contributed by atoms with van der Waals surface area (Å²) < 4.78 is 0. The normalized spacial score (nSPS) is 13.8. The molecular weight excluding hydrogens is 206 g/mol. The maximum atomic E-state index is 6.40. The van der Waals surface area contributed by atoms with Gasteiger partial charge in [-0.05, 0) is 41.4 Å². The molecule has 0 aliphatic rings. The zero-order valence-corrected chi connectivity index (χ0v) is 12.0. The van der Waals surface area contributed by atoms with Gasteiger partial charge in [-0.15, -0.1) is 0 Å². The van der Waals surface area contributed by atoms with E-state index in [9.17, 15) is 0 Å². The highest BCUT2D eigenvalue weighted by Gasteiger charge is 2.25. The topological polar surface area (TPSA) is 26.0 Å². The van der Waals surface area contributed by atoms with Gasteiger partial charge in [0.15, 0.2) is 0 Å². The van der Waals surface area contributed by atoms with Crippen molar-refractivity contribution in [2.24, 2.45) is 11.1 Å². The lowest BCUT2D eigenvalue weighted by Crippen LogP contribution is -2.28. The molecule has 0 heterocycles. The van der Waals surface area contributed by atoms with Gasteiger partial charge in [0.1, 0.15) is 0 Å². The van der Waals surface area contributed by atoms with E-state index in [0.29, 0.717) is 0 Å². The Balaban J connectivity index is 3.07. The Morgan fingerprint density at radius 1 is 1.06 bits per heavy atom. The molecule has 17 heavy (non-hydrogen) atoms. The minimum atomic E-state index is 0.128. The fourth-order valence-corrected chi connectivity index (χ4v) is 2.18. The molecular formula is C16H27N. The Morgan fingerprint density at radius 3 is 2.12 bits per heavy atom. The smallest absolute Gasteiger partial charge is 0.0346 e. The van der Waals surface area contributed by atoms with Crippen molar-refractivity contribution in [3.8, 4) is 0 Å². The maximum Gasteiger partial charge on any atom is 0.0346 e. The summed E-state index contributed by atoms with van der Waals surface area (Å²) in [6.07, 6.45) is 3.30. The average molecular weight is 233 g/mol. The summed E-state index contributed by atoms with van der Waals surface area (Å²) in [5.41, 5.74) is 10.8. The molecule has 0 bridgehead atoms. The summed E-state index contributed by atoms with van der Waals surface area (Å²) in [5, 5.41) is 0. The van der Waals surface area contributed by atoms with Gasteiger partial charge >= 0.3 is 0 Å². The zero-order chi connectivity index (χ0) is 13.1. The number of benzene rings is 1. The first-order valence-electron chi connectivity index (χ1n) is 6.83. The van der Waals surface area contributed by atoms with Crippen LogP contribution in [0.4, 0.5) is 0 Å². The highest BCUT2D eigenvalue weighted by Crippen LogP contribution is 2.34. The zero-order valence-electron chi connectivity index (χ0n) is 12.0. The molecule has 96 valence electrons. The summed E-state index contributed by atoms with van der Waals surface area (Å²) in [7, 11) is 0. The van der Waals surface area contributed by atoms with Crippen LogP contribution >= 0.6 is 0 Å². The molecule has 0 aliphatic carbocycles. The van der Waals surface area contributed by atoms with Gasteiger partial charge in [-0.1, -0.05) is 52.8 Å². The fourth-order valence-electron chi connectivity index (χ4n) is 2.18. The summed E-state index contributed by atoms with van der Waals surface area (Å²) in [6, 6.07) is 6.89. The predicted molar refractivity (Wildman–Crippen MR) is 76.2 cm³/mol. The predicted octanol–water partition coefficient (Wildman–Crippen LogP) is 4.25. The lowest BCUT2D eigenvalue weighted by atomic mass is 9.78. The lowest BCUT2D eigenvalue weighted by Gasteiger charge is -2.31. The average Bonchev–Trinajstić information content (AvgIpc) is 2.36. The Morgan fingerprint density at radius 2 is 1.65 bits per heavy atom. The van der Waals surface area contributed by atoms with Crippen LogP contribution in [0, 0.1) is 5.41 Å². The Hall–Kier alpha value is -0.820. The highest BCUT2D eigenvalue weighted by atomic mass is 14.7. The van der Waals surface area contributed by atoms with Gasteiger partial charge in [-0.25, -0.2) is 0 Å². The van der Waals surface area contributed by atoms with Crippen molar-refractivity contribution in [2.75, 3.05) is 0 Å². The monoisotopic (exact) mass is 233 g/mol. The highest BCUT2D eigenvalue weighted by molar-refractivity contribution is 5.34. The lowest BCUT2D eigenvalue weighted by molar-refractivity contribution is 0.278. The summed E-state index contributed by atoms with van der Waals surface area (Å²) >= 11 is 0. The molecule has 0 amide bonds. The van der Waals surface area contributed by atoms with Crippen LogP contribution < -0.4 is 5.73 Å². The minimum absolute atomic E-state index is 0.128. The van der Waals surface area contributed by atoms with Crippen molar-refractivity contribution in [3.05, 3.63) is 34.9 Å². The standard InChI is InChI=1S/C16H27N/c1-6-12-9-10-14(11-13(12)7-2)15(17)16(4,5)8-3/h9-11,15H,6-8,17H2,1-5H3. The number of nitrogens with two attached hydrogens (primary N) is 1. The van der Waals surface area contributed by atoms with Crippen molar-refractivity contribution in [1.82, 2.24) is 0 Å². The summed E-state index contributed by atoms with van der Waals surface area (Å²) in [6.45, 7) is 11.1. The number of hydrogen-bond donors (Lipinski definition) is 1. The van der Waals surface area contributed by atoms with Crippen LogP contribution in [0.3, 0.4) is 0 Å². The van der Waals surface area contributed by atoms with Crippen LogP contribution in [-0.4, -0.2) is 0 Å². The van der Waals surface area contributed by atoms with E-state index < -0.39 is 0 Å². The van der Waals surface area contributed by atoms with E-state index >= 15 is 0 Å². The Kier molecular flexibility index (Phi) is 4.76. The van der Waals surface area contributed by atoms with E-state index in [2.05, 4.69) is 52.8 Å². The molecule has 0 saturated carbocycles. The van der Waals surface area contributed by atoms with E-state index in [0.717, 1.165) is 19.3 Å². The van der Waals surface area contributed by atoms with E-state index in [1.807, 2.05) is 0 Å². The van der Waals surface area contributed by atoms with Gasteiger partial charge in [0.2, 0.25) is 0 Å². The van der Waals surface area contributed by atoms with E-state index in [-0.39, 0.29) is 11.5 Å². The molecule has 1 unspecified atom stereocenters. The van der Waals surface area contributed by atoms with Crippen LogP contribution in [0.5, 0.6) is 0 Å². The quantitative estimate of drug-likeness (QED) is 0.808. The molecule has 0 radical (unpaired) electrons. The van der Waals surface area contributed by atoms with Crippen molar-refractivity contribution < 1.29 is 0 Å². The molecule has 2 N–H and O–H groups in total. The molecule has 0 aliphatic heterocycles. The molecule has 0 saturated heterocycles. The van der Waals surface area contributed by atoms with Gasteiger partial charge in [0.05, 0.1) is 0 Å². The molecule has 0 spiro atoms. The largest absolute Gasteiger partial charge is 0.324 e. The third kappa shape index (κ3) is 3.10. The third-order valence-electron chi connectivity index (χ3n) is 4.10. The number of rotatable bonds is 5. The van der Waals surface area contributed by atoms with Gasteiger partial charge in [-0.3, -0.25) is 0 Å². The first kappa shape index (κ1) is 14.2. The summed E-state index contributed by atoms with van der Waals surface area (Å²) in [4.78, 5) is 0. The van der Waals surface area contributed by atoms with E-state index in [1.165, 1.54) is 16.7 Å². The van der Waals surface area contributed by atoms with E-state index in [1.54, 1.807) is 0 Å². The van der Waals surface area contributed by atoms with Crippen molar-refractivity contribution in [1.29, 1.82) is 0 Å². The second-order valence-corrected chi connectivity index (χ2v) is 5.56. The third-order valence-corrected chi connectivity index (χ3v) is 4.10. The second kappa shape index (κ2) is 5.68. The van der Waals surface area contributed by atoms with Gasteiger partial charge in [0, 0.05) is 6.04 Å². The molecule has 1 aromatic rings. The Bertz CT molecular complexity index is 366. The van der Waals surface area contributed by atoms with Crippen LogP contribution in [0.1, 0.15) is 63.8 Å². The molecule has 1 aromatic carbocycles. The molecule has 1 rings (SSSR count). The minimum Gasteiger partial charge on any atom is -0.324 e. The van der Waals surface area contributed by atoms with Crippen molar-refractivity contribution >= 4 is 0 Å². The maximum absolute atomic E-state index is 6.40. The first-order valence-corrected chi connectivity index (χ1v) is 6.83. The fraction of sp³-hybridized carbons (Fsp3) is 0.625. The van der Waals surface area contributed by atoms with Gasteiger partial charge < -0.3 is 5.73 Å². The first-order chi connectivity index (χ1) is 7.96. The molecule has 1 heteroatoms. The summed E-state index contributed by atoms with van der Waals surface area (Å²) in [5.74, 6) is 0. The molecule has 1 nitrogen and oxygen atoms in total. The van der Waals surface area contributed by atoms with Crippen molar-refractivity contribution in [3.63, 3.8) is 0 Å². The van der Waals surface area contributed by atoms with Gasteiger partial charge in [0.25, 0.3) is 0 Å². The number of aryl methyl sites for hydroxylation is 2. The van der Waals surface area contributed by atoms with Crippen LogP contribution in [0.15, 0.2) is 18.2 Å². The van der Waals surface area contributed by atoms with Crippen LogP contribution in [0.25, 0.3) is 0 Å². The SMILES string of the molecule is CCc1ccc(C(N)C(C)(C)CC)cc1CC.